The number of likely N-dealkylation sites (tertiary alicyclic amines) is 1. The van der Waals surface area contributed by atoms with E-state index in [1.54, 1.807) is 0 Å². The number of methoxy groups -OCH3 is 1. The van der Waals surface area contributed by atoms with Crippen LogP contribution in [0, 0.1) is 0 Å². The maximum absolute atomic E-state index is 11.9. The van der Waals surface area contributed by atoms with Gasteiger partial charge in [-0.25, -0.2) is 0 Å². The van der Waals surface area contributed by atoms with E-state index >= 15 is 0 Å². The molecule has 2 rings (SSSR count). The zero-order valence-corrected chi connectivity index (χ0v) is 11.5. The van der Waals surface area contributed by atoms with Crippen molar-refractivity contribution in [3.05, 3.63) is 35.9 Å². The summed E-state index contributed by atoms with van der Waals surface area (Å²) in [7, 11) is 1.40. The van der Waals surface area contributed by atoms with Crippen molar-refractivity contribution in [1.29, 1.82) is 0 Å². The van der Waals surface area contributed by atoms with E-state index in [1.165, 1.54) is 12.7 Å². The fourth-order valence-electron chi connectivity index (χ4n) is 2.72. The molecule has 0 radical (unpaired) electrons. The summed E-state index contributed by atoms with van der Waals surface area (Å²) < 4.78 is 4.86. The maximum Gasteiger partial charge on any atom is 0.323 e. The van der Waals surface area contributed by atoms with E-state index in [0.717, 1.165) is 0 Å². The molecule has 104 valence electrons. The van der Waals surface area contributed by atoms with Gasteiger partial charge >= 0.3 is 5.97 Å². The van der Waals surface area contributed by atoms with Crippen LogP contribution in [-0.4, -0.2) is 41.8 Å². The van der Waals surface area contributed by atoms with Gasteiger partial charge in [-0.2, -0.15) is 0 Å². The van der Waals surface area contributed by atoms with Crippen molar-refractivity contribution >= 4 is 5.97 Å². The average molecular weight is 263 g/mol. The summed E-state index contributed by atoms with van der Waals surface area (Å²) in [6.45, 7) is 2.79. The van der Waals surface area contributed by atoms with Crippen LogP contribution in [0.4, 0.5) is 0 Å². The fourth-order valence-corrected chi connectivity index (χ4v) is 2.72. The summed E-state index contributed by atoms with van der Waals surface area (Å²) in [5, 5.41) is 9.76. The van der Waals surface area contributed by atoms with Gasteiger partial charge in [0.1, 0.15) is 6.04 Å². The van der Waals surface area contributed by atoms with Crippen LogP contribution in [0.5, 0.6) is 0 Å². The largest absolute Gasteiger partial charge is 0.468 e. The lowest BCUT2D eigenvalue weighted by molar-refractivity contribution is -0.151. The van der Waals surface area contributed by atoms with E-state index in [-0.39, 0.29) is 18.1 Å². The SMILES string of the molecule is COC(=O)[C@H]1C[C@H](O)CCN1[C@H](C)c1ccccc1. The molecule has 4 nitrogen and oxygen atoms in total. The number of aliphatic hydroxyl groups is 1. The predicted molar refractivity (Wildman–Crippen MR) is 72.6 cm³/mol. The Morgan fingerprint density at radius 2 is 2.11 bits per heavy atom. The number of aliphatic hydroxyl groups excluding tert-OH is 1. The lowest BCUT2D eigenvalue weighted by atomic mass is 9.95. The van der Waals surface area contributed by atoms with Crippen molar-refractivity contribution < 1.29 is 14.6 Å². The average Bonchev–Trinajstić information content (AvgIpc) is 2.46. The van der Waals surface area contributed by atoms with Gasteiger partial charge in [0.05, 0.1) is 13.2 Å². The molecule has 1 aromatic carbocycles. The number of piperidine rings is 1. The molecule has 1 saturated heterocycles. The molecule has 1 fully saturated rings. The molecule has 0 spiro atoms. The minimum Gasteiger partial charge on any atom is -0.468 e. The number of carbonyl (C=O) groups excluding carboxylic acids is 1. The number of rotatable bonds is 3. The first-order valence-electron chi connectivity index (χ1n) is 6.70. The third-order valence-corrected chi connectivity index (χ3v) is 3.87. The van der Waals surface area contributed by atoms with Gasteiger partial charge in [0, 0.05) is 12.6 Å². The van der Waals surface area contributed by atoms with Crippen LogP contribution in [0.3, 0.4) is 0 Å². The van der Waals surface area contributed by atoms with Gasteiger partial charge in [-0.1, -0.05) is 30.3 Å². The third kappa shape index (κ3) is 3.14. The molecule has 19 heavy (non-hydrogen) atoms. The minimum absolute atomic E-state index is 0.137. The molecule has 3 atom stereocenters. The number of carbonyl (C=O) groups is 1. The van der Waals surface area contributed by atoms with Crippen LogP contribution in [0.2, 0.25) is 0 Å². The van der Waals surface area contributed by atoms with Gasteiger partial charge in [0.2, 0.25) is 0 Å². The lowest BCUT2D eigenvalue weighted by Crippen LogP contribution is -2.49. The lowest BCUT2D eigenvalue weighted by Gasteiger charge is -2.40. The van der Waals surface area contributed by atoms with Crippen molar-refractivity contribution in [3.8, 4) is 0 Å². The van der Waals surface area contributed by atoms with Crippen molar-refractivity contribution in [2.45, 2.75) is 38.0 Å². The molecule has 0 aliphatic carbocycles. The quantitative estimate of drug-likeness (QED) is 0.844. The van der Waals surface area contributed by atoms with Crippen molar-refractivity contribution in [2.24, 2.45) is 0 Å². The zero-order chi connectivity index (χ0) is 13.8. The highest BCUT2D eigenvalue weighted by atomic mass is 16.5. The Morgan fingerprint density at radius 1 is 1.42 bits per heavy atom. The molecule has 0 bridgehead atoms. The molecule has 0 unspecified atom stereocenters. The molecule has 0 aromatic heterocycles. The van der Waals surface area contributed by atoms with E-state index in [1.807, 2.05) is 18.2 Å². The molecule has 1 heterocycles. The number of benzene rings is 1. The summed E-state index contributed by atoms with van der Waals surface area (Å²) >= 11 is 0. The van der Waals surface area contributed by atoms with Crippen LogP contribution in [0.1, 0.15) is 31.4 Å². The highest BCUT2D eigenvalue weighted by Crippen LogP contribution is 2.28. The first-order chi connectivity index (χ1) is 9.13. The third-order valence-electron chi connectivity index (χ3n) is 3.87. The zero-order valence-electron chi connectivity index (χ0n) is 11.5. The second-order valence-electron chi connectivity index (χ2n) is 5.04. The Bertz CT molecular complexity index is 421. The van der Waals surface area contributed by atoms with E-state index in [0.29, 0.717) is 19.4 Å². The Labute approximate surface area is 114 Å². The first kappa shape index (κ1) is 14.0. The Balaban J connectivity index is 2.18. The second kappa shape index (κ2) is 6.17. The van der Waals surface area contributed by atoms with Gasteiger partial charge in [0.25, 0.3) is 0 Å². The molecule has 0 amide bonds. The molecular formula is C15H21NO3. The molecular weight excluding hydrogens is 242 g/mol. The summed E-state index contributed by atoms with van der Waals surface area (Å²) in [4.78, 5) is 14.0. The predicted octanol–water partition coefficient (Wildman–Crippen LogP) is 1.75. The van der Waals surface area contributed by atoms with Gasteiger partial charge in [-0.05, 0) is 25.3 Å². The number of nitrogens with zero attached hydrogens (tertiary/aromatic N) is 1. The summed E-state index contributed by atoms with van der Waals surface area (Å²) in [6, 6.07) is 9.87. The standard InChI is InChI=1S/C15H21NO3/c1-11(12-6-4-3-5-7-12)16-9-8-13(17)10-14(16)15(18)19-2/h3-7,11,13-14,17H,8-10H2,1-2H3/t11-,13-,14-/m1/s1. The monoisotopic (exact) mass is 263 g/mol. The summed E-state index contributed by atoms with van der Waals surface area (Å²) in [6.07, 6.45) is 0.734. The number of ether oxygens (including phenoxy) is 1. The molecule has 1 aliphatic heterocycles. The van der Waals surface area contributed by atoms with Crippen LogP contribution in [0.15, 0.2) is 30.3 Å². The number of esters is 1. The topological polar surface area (TPSA) is 49.8 Å². The van der Waals surface area contributed by atoms with Gasteiger partial charge < -0.3 is 9.84 Å². The van der Waals surface area contributed by atoms with E-state index in [4.69, 9.17) is 4.74 Å². The van der Waals surface area contributed by atoms with Crippen molar-refractivity contribution in [1.82, 2.24) is 4.90 Å². The summed E-state index contributed by atoms with van der Waals surface area (Å²) in [5.41, 5.74) is 1.17. The number of hydrogen-bond acceptors (Lipinski definition) is 4. The normalized spacial score (nSPS) is 25.8. The van der Waals surface area contributed by atoms with Crippen molar-refractivity contribution in [2.75, 3.05) is 13.7 Å². The van der Waals surface area contributed by atoms with Crippen LogP contribution >= 0.6 is 0 Å². The van der Waals surface area contributed by atoms with Gasteiger partial charge in [-0.3, -0.25) is 9.69 Å². The Morgan fingerprint density at radius 3 is 2.74 bits per heavy atom. The van der Waals surface area contributed by atoms with Crippen LogP contribution in [-0.2, 0) is 9.53 Å². The molecule has 4 heteroatoms. The Kier molecular flexibility index (Phi) is 4.56. The Hall–Kier alpha value is -1.39. The second-order valence-corrected chi connectivity index (χ2v) is 5.04. The van der Waals surface area contributed by atoms with E-state index < -0.39 is 6.10 Å². The van der Waals surface area contributed by atoms with Crippen molar-refractivity contribution in [3.63, 3.8) is 0 Å². The van der Waals surface area contributed by atoms with Gasteiger partial charge in [-0.15, -0.1) is 0 Å². The van der Waals surface area contributed by atoms with Crippen LogP contribution < -0.4 is 0 Å². The minimum atomic E-state index is -0.414. The maximum atomic E-state index is 11.9. The molecule has 1 N–H and O–H groups in total. The molecule has 1 aliphatic rings. The number of hydrogen-bond donors (Lipinski definition) is 1. The highest BCUT2D eigenvalue weighted by molar-refractivity contribution is 5.76. The molecule has 1 aromatic rings. The first-order valence-corrected chi connectivity index (χ1v) is 6.70. The smallest absolute Gasteiger partial charge is 0.323 e. The van der Waals surface area contributed by atoms with E-state index in [9.17, 15) is 9.90 Å². The van der Waals surface area contributed by atoms with Crippen LogP contribution in [0.25, 0.3) is 0 Å². The van der Waals surface area contributed by atoms with E-state index in [2.05, 4.69) is 24.0 Å². The fraction of sp³-hybridized carbons (Fsp3) is 0.533. The summed E-state index contributed by atoms with van der Waals surface area (Å²) in [5.74, 6) is -0.262. The molecule has 0 saturated carbocycles. The highest BCUT2D eigenvalue weighted by Gasteiger charge is 2.36. The van der Waals surface area contributed by atoms with Gasteiger partial charge in [0.15, 0.2) is 0 Å².